The Hall–Kier alpha value is -1.10. The van der Waals surface area contributed by atoms with E-state index in [0.717, 1.165) is 12.8 Å². The molecular formula is C8H14N2O3. The van der Waals surface area contributed by atoms with E-state index in [0.29, 0.717) is 0 Å². The molecule has 5 heteroatoms. The Morgan fingerprint density at radius 2 is 2.08 bits per heavy atom. The third-order valence-electron chi connectivity index (χ3n) is 2.35. The molecule has 13 heavy (non-hydrogen) atoms. The van der Waals surface area contributed by atoms with Gasteiger partial charge in [-0.15, -0.1) is 0 Å². The number of hydrogen-bond acceptors (Lipinski definition) is 4. The predicted molar refractivity (Wildman–Crippen MR) is 45.7 cm³/mol. The van der Waals surface area contributed by atoms with Gasteiger partial charge in [-0.25, -0.2) is 4.79 Å². The van der Waals surface area contributed by atoms with Crippen molar-refractivity contribution in [1.29, 1.82) is 0 Å². The zero-order valence-corrected chi connectivity index (χ0v) is 7.79. The van der Waals surface area contributed by atoms with E-state index in [1.165, 1.54) is 14.2 Å². The number of nitrogens with one attached hydrogen (secondary N) is 1. The molecule has 0 spiro atoms. The van der Waals surface area contributed by atoms with E-state index < -0.39 is 17.4 Å². The first-order chi connectivity index (χ1) is 6.07. The first-order valence-electron chi connectivity index (χ1n) is 4.16. The molecule has 3 N–H and O–H groups in total. The summed E-state index contributed by atoms with van der Waals surface area (Å²) < 4.78 is 4.51. The molecule has 0 bridgehead atoms. The van der Waals surface area contributed by atoms with Crippen molar-refractivity contribution in [2.75, 3.05) is 14.2 Å². The molecule has 1 rings (SSSR count). The molecule has 1 amide bonds. The third kappa shape index (κ3) is 1.51. The van der Waals surface area contributed by atoms with E-state index in [9.17, 15) is 9.59 Å². The number of rotatable bonds is 3. The molecule has 0 heterocycles. The number of carbonyl (C=O) groups excluding carboxylic acids is 2. The number of methoxy groups -OCH3 is 1. The van der Waals surface area contributed by atoms with Gasteiger partial charge in [0.2, 0.25) is 0 Å². The fourth-order valence-electron chi connectivity index (χ4n) is 1.36. The van der Waals surface area contributed by atoms with E-state index in [4.69, 9.17) is 5.73 Å². The average molecular weight is 186 g/mol. The molecule has 0 saturated heterocycles. The first-order valence-corrected chi connectivity index (χ1v) is 4.16. The largest absolute Gasteiger partial charge is 0.467 e. The third-order valence-corrected chi connectivity index (χ3v) is 2.35. The molecule has 0 aromatic carbocycles. The minimum Gasteiger partial charge on any atom is -0.467 e. The van der Waals surface area contributed by atoms with Crippen molar-refractivity contribution in [2.45, 2.75) is 18.4 Å². The highest BCUT2D eigenvalue weighted by Gasteiger charge is 2.54. The van der Waals surface area contributed by atoms with Crippen molar-refractivity contribution >= 4 is 11.9 Å². The van der Waals surface area contributed by atoms with Gasteiger partial charge in [-0.2, -0.15) is 0 Å². The van der Waals surface area contributed by atoms with E-state index in [1.807, 2.05) is 0 Å². The number of hydrogen-bond donors (Lipinski definition) is 2. The maximum absolute atomic E-state index is 11.4. The molecule has 1 aliphatic rings. The van der Waals surface area contributed by atoms with Gasteiger partial charge in [0.25, 0.3) is 5.91 Å². The SMILES string of the molecule is CNC(=O)[C@@](N)(C(=O)OC)C1CC1. The first kappa shape index (κ1) is 9.98. The van der Waals surface area contributed by atoms with Crippen LogP contribution in [0.5, 0.6) is 0 Å². The zero-order valence-electron chi connectivity index (χ0n) is 7.79. The lowest BCUT2D eigenvalue weighted by atomic mass is 9.93. The highest BCUT2D eigenvalue weighted by atomic mass is 16.5. The smallest absolute Gasteiger partial charge is 0.335 e. The van der Waals surface area contributed by atoms with Gasteiger partial charge in [-0.3, -0.25) is 4.79 Å². The Labute approximate surface area is 76.6 Å². The molecule has 0 radical (unpaired) electrons. The highest BCUT2D eigenvalue weighted by molar-refractivity contribution is 6.07. The van der Waals surface area contributed by atoms with Crippen molar-refractivity contribution in [3.8, 4) is 0 Å². The number of ether oxygens (including phenoxy) is 1. The molecular weight excluding hydrogens is 172 g/mol. The minimum absolute atomic E-state index is 0.0695. The van der Waals surface area contributed by atoms with Crippen LogP contribution < -0.4 is 11.1 Å². The molecule has 5 nitrogen and oxygen atoms in total. The van der Waals surface area contributed by atoms with E-state index >= 15 is 0 Å². The summed E-state index contributed by atoms with van der Waals surface area (Å²) in [6.07, 6.45) is 1.61. The summed E-state index contributed by atoms with van der Waals surface area (Å²) in [4.78, 5) is 22.7. The highest BCUT2D eigenvalue weighted by Crippen LogP contribution is 2.39. The zero-order chi connectivity index (χ0) is 10.1. The van der Waals surface area contributed by atoms with E-state index in [-0.39, 0.29) is 5.92 Å². The second-order valence-electron chi connectivity index (χ2n) is 3.21. The average Bonchev–Trinajstić information content (AvgIpc) is 2.97. The minimum atomic E-state index is -1.48. The lowest BCUT2D eigenvalue weighted by Crippen LogP contribution is -2.61. The topological polar surface area (TPSA) is 81.4 Å². The summed E-state index contributed by atoms with van der Waals surface area (Å²) in [6.45, 7) is 0. The van der Waals surface area contributed by atoms with Crippen molar-refractivity contribution in [3.05, 3.63) is 0 Å². The molecule has 1 aliphatic carbocycles. The van der Waals surface area contributed by atoms with E-state index in [2.05, 4.69) is 10.1 Å². The van der Waals surface area contributed by atoms with Gasteiger partial charge in [-0.05, 0) is 18.8 Å². The lowest BCUT2D eigenvalue weighted by molar-refractivity contribution is -0.153. The summed E-state index contributed by atoms with van der Waals surface area (Å²) in [6, 6.07) is 0. The normalized spacial score (nSPS) is 20.2. The van der Waals surface area contributed by atoms with Crippen molar-refractivity contribution in [1.82, 2.24) is 5.32 Å². The summed E-state index contributed by atoms with van der Waals surface area (Å²) in [5.41, 5.74) is 4.24. The Morgan fingerprint density at radius 3 is 2.38 bits per heavy atom. The number of likely N-dealkylation sites (N-methyl/N-ethyl adjacent to an activating group) is 1. The lowest BCUT2D eigenvalue weighted by Gasteiger charge is -2.23. The number of esters is 1. The van der Waals surface area contributed by atoms with Gasteiger partial charge < -0.3 is 15.8 Å². The van der Waals surface area contributed by atoms with Crippen LogP contribution in [0.3, 0.4) is 0 Å². The quantitative estimate of drug-likeness (QED) is 0.438. The van der Waals surface area contributed by atoms with Gasteiger partial charge in [0, 0.05) is 7.05 Å². The second kappa shape index (κ2) is 3.33. The summed E-state index contributed by atoms with van der Waals surface area (Å²) in [7, 11) is 2.69. The molecule has 74 valence electrons. The van der Waals surface area contributed by atoms with Gasteiger partial charge in [0.15, 0.2) is 5.54 Å². The fraction of sp³-hybridized carbons (Fsp3) is 0.750. The Morgan fingerprint density at radius 1 is 1.54 bits per heavy atom. The van der Waals surface area contributed by atoms with Crippen LogP contribution in [0.25, 0.3) is 0 Å². The fourth-order valence-corrected chi connectivity index (χ4v) is 1.36. The molecule has 0 aromatic heterocycles. The van der Waals surface area contributed by atoms with Gasteiger partial charge in [0.05, 0.1) is 7.11 Å². The molecule has 0 unspecified atom stereocenters. The standard InChI is InChI=1S/C8H14N2O3/c1-10-6(11)8(9,5-3-4-5)7(12)13-2/h5H,3-4,9H2,1-2H3,(H,10,11)/t8-/m1/s1. The Kier molecular flexibility index (Phi) is 2.56. The Balaban J connectivity index is 2.85. The van der Waals surface area contributed by atoms with Crippen LogP contribution in [0.1, 0.15) is 12.8 Å². The van der Waals surface area contributed by atoms with Crippen molar-refractivity contribution in [2.24, 2.45) is 11.7 Å². The van der Waals surface area contributed by atoms with Crippen LogP contribution in [0.4, 0.5) is 0 Å². The summed E-state index contributed by atoms with van der Waals surface area (Å²) >= 11 is 0. The van der Waals surface area contributed by atoms with Gasteiger partial charge >= 0.3 is 5.97 Å². The number of carbonyl (C=O) groups is 2. The predicted octanol–water partition coefficient (Wildman–Crippen LogP) is -0.987. The van der Waals surface area contributed by atoms with Crippen molar-refractivity contribution < 1.29 is 14.3 Å². The monoisotopic (exact) mass is 186 g/mol. The maximum atomic E-state index is 11.4. The van der Waals surface area contributed by atoms with Crippen LogP contribution in [0.2, 0.25) is 0 Å². The number of amides is 1. The number of nitrogens with two attached hydrogens (primary N) is 1. The molecule has 0 aromatic rings. The van der Waals surface area contributed by atoms with Crippen LogP contribution in [0, 0.1) is 5.92 Å². The summed E-state index contributed by atoms with van der Waals surface area (Å²) in [5, 5.41) is 2.38. The molecule has 0 aliphatic heterocycles. The van der Waals surface area contributed by atoms with Crippen LogP contribution in [-0.4, -0.2) is 31.6 Å². The van der Waals surface area contributed by atoms with Crippen molar-refractivity contribution in [3.63, 3.8) is 0 Å². The van der Waals surface area contributed by atoms with Crippen LogP contribution in [0.15, 0.2) is 0 Å². The van der Waals surface area contributed by atoms with Crippen LogP contribution >= 0.6 is 0 Å². The summed E-state index contributed by atoms with van der Waals surface area (Å²) in [5.74, 6) is -1.20. The molecule has 1 atom stereocenters. The molecule has 1 fully saturated rings. The maximum Gasteiger partial charge on any atom is 0.335 e. The van der Waals surface area contributed by atoms with Gasteiger partial charge in [-0.1, -0.05) is 0 Å². The Bertz CT molecular complexity index is 220. The molecule has 1 saturated carbocycles. The van der Waals surface area contributed by atoms with Gasteiger partial charge in [0.1, 0.15) is 0 Å². The second-order valence-corrected chi connectivity index (χ2v) is 3.21. The van der Waals surface area contributed by atoms with Crippen LogP contribution in [-0.2, 0) is 14.3 Å². The van der Waals surface area contributed by atoms with E-state index in [1.54, 1.807) is 0 Å².